The van der Waals surface area contributed by atoms with E-state index in [-0.39, 0.29) is 0 Å². The highest BCUT2D eigenvalue weighted by atomic mass is 15.1. The lowest BCUT2D eigenvalue weighted by Crippen LogP contribution is -2.47. The van der Waals surface area contributed by atoms with Gasteiger partial charge in [-0.25, -0.2) is 0 Å². The Morgan fingerprint density at radius 2 is 1.62 bits per heavy atom. The Bertz CT molecular complexity index is 193. The molecule has 2 saturated heterocycles. The molecule has 2 rings (SSSR count). The number of likely N-dealkylation sites (tertiary alicyclic amines) is 1. The van der Waals surface area contributed by atoms with Crippen LogP contribution in [0.4, 0.5) is 0 Å². The Hall–Kier alpha value is -0.120. The first-order chi connectivity index (χ1) is 7.81. The molecule has 94 valence electrons. The largest absolute Gasteiger partial charge is 0.317 e. The summed E-state index contributed by atoms with van der Waals surface area (Å²) in [5.41, 5.74) is 0. The van der Waals surface area contributed by atoms with Gasteiger partial charge < -0.3 is 15.5 Å². The molecule has 3 nitrogen and oxygen atoms in total. The Labute approximate surface area is 100.0 Å². The SMILES string of the molecule is CNC(C1CCNCC1)C1CCN(C)CC1. The van der Waals surface area contributed by atoms with Gasteiger partial charge in [-0.15, -0.1) is 0 Å². The Morgan fingerprint density at radius 3 is 2.19 bits per heavy atom. The lowest BCUT2D eigenvalue weighted by molar-refractivity contribution is 0.144. The first-order valence-corrected chi connectivity index (χ1v) is 6.88. The molecule has 2 aliphatic rings. The van der Waals surface area contributed by atoms with Crippen LogP contribution < -0.4 is 10.6 Å². The summed E-state index contributed by atoms with van der Waals surface area (Å²) in [4.78, 5) is 2.46. The van der Waals surface area contributed by atoms with E-state index in [0.717, 1.165) is 17.9 Å². The van der Waals surface area contributed by atoms with Gasteiger partial charge in [0.05, 0.1) is 0 Å². The standard InChI is InChI=1S/C13H27N3/c1-14-13(11-3-7-15-8-4-11)12-5-9-16(2)10-6-12/h11-15H,3-10H2,1-2H3. The molecule has 0 radical (unpaired) electrons. The topological polar surface area (TPSA) is 27.3 Å². The monoisotopic (exact) mass is 225 g/mol. The second kappa shape index (κ2) is 5.99. The van der Waals surface area contributed by atoms with Crippen LogP contribution in [-0.4, -0.2) is 51.2 Å². The van der Waals surface area contributed by atoms with Crippen LogP contribution in [0.3, 0.4) is 0 Å². The van der Waals surface area contributed by atoms with Gasteiger partial charge in [-0.3, -0.25) is 0 Å². The van der Waals surface area contributed by atoms with Crippen LogP contribution in [0.2, 0.25) is 0 Å². The van der Waals surface area contributed by atoms with E-state index in [2.05, 4.69) is 29.6 Å². The molecule has 2 fully saturated rings. The summed E-state index contributed by atoms with van der Waals surface area (Å²) < 4.78 is 0. The molecular weight excluding hydrogens is 198 g/mol. The summed E-state index contributed by atoms with van der Waals surface area (Å²) in [5.74, 6) is 1.81. The van der Waals surface area contributed by atoms with Gasteiger partial charge in [0, 0.05) is 6.04 Å². The third kappa shape index (κ3) is 2.96. The minimum Gasteiger partial charge on any atom is -0.317 e. The number of piperidine rings is 2. The molecule has 1 atom stereocenters. The fourth-order valence-electron chi connectivity index (χ4n) is 3.45. The average Bonchev–Trinajstić information content (AvgIpc) is 2.34. The highest BCUT2D eigenvalue weighted by Gasteiger charge is 2.30. The van der Waals surface area contributed by atoms with E-state index in [1.54, 1.807) is 0 Å². The zero-order valence-corrected chi connectivity index (χ0v) is 10.8. The van der Waals surface area contributed by atoms with Crippen molar-refractivity contribution in [2.24, 2.45) is 11.8 Å². The maximum atomic E-state index is 3.61. The van der Waals surface area contributed by atoms with Crippen molar-refractivity contribution in [3.05, 3.63) is 0 Å². The lowest BCUT2D eigenvalue weighted by atomic mass is 9.78. The molecule has 3 heteroatoms. The Morgan fingerprint density at radius 1 is 1.06 bits per heavy atom. The van der Waals surface area contributed by atoms with Crippen LogP contribution in [0, 0.1) is 11.8 Å². The zero-order chi connectivity index (χ0) is 11.4. The Balaban J connectivity index is 1.88. The number of hydrogen-bond donors (Lipinski definition) is 2. The molecule has 2 heterocycles. The van der Waals surface area contributed by atoms with Crippen LogP contribution >= 0.6 is 0 Å². The maximum Gasteiger partial charge on any atom is 0.0122 e. The van der Waals surface area contributed by atoms with Gasteiger partial charge in [0.15, 0.2) is 0 Å². The fraction of sp³-hybridized carbons (Fsp3) is 1.00. The molecule has 0 aromatic rings. The first-order valence-electron chi connectivity index (χ1n) is 6.88. The molecule has 0 aliphatic carbocycles. The van der Waals surface area contributed by atoms with Crippen molar-refractivity contribution in [3.8, 4) is 0 Å². The number of hydrogen-bond acceptors (Lipinski definition) is 3. The summed E-state index contributed by atoms with van der Waals surface area (Å²) in [5, 5.41) is 7.08. The predicted octanol–water partition coefficient (Wildman–Crippen LogP) is 0.916. The number of rotatable bonds is 3. The molecule has 2 N–H and O–H groups in total. The summed E-state index contributed by atoms with van der Waals surface area (Å²) in [6, 6.07) is 0.760. The second-order valence-corrected chi connectivity index (χ2v) is 5.54. The van der Waals surface area contributed by atoms with Crippen molar-refractivity contribution in [2.45, 2.75) is 31.7 Å². The molecule has 0 saturated carbocycles. The first kappa shape index (κ1) is 12.3. The van der Waals surface area contributed by atoms with E-state index in [4.69, 9.17) is 0 Å². The molecule has 0 aromatic heterocycles. The van der Waals surface area contributed by atoms with Crippen LogP contribution in [0.25, 0.3) is 0 Å². The van der Waals surface area contributed by atoms with E-state index < -0.39 is 0 Å². The smallest absolute Gasteiger partial charge is 0.0122 e. The van der Waals surface area contributed by atoms with E-state index in [1.165, 1.54) is 51.9 Å². The van der Waals surface area contributed by atoms with Gasteiger partial charge in [-0.2, -0.15) is 0 Å². The molecule has 0 spiro atoms. The summed E-state index contributed by atoms with van der Waals surface area (Å²) in [6.07, 6.45) is 5.48. The number of nitrogens with zero attached hydrogens (tertiary/aromatic N) is 1. The summed E-state index contributed by atoms with van der Waals surface area (Å²) in [6.45, 7) is 5.01. The lowest BCUT2D eigenvalue weighted by Gasteiger charge is -2.39. The van der Waals surface area contributed by atoms with Crippen LogP contribution in [-0.2, 0) is 0 Å². The van der Waals surface area contributed by atoms with Crippen molar-refractivity contribution in [1.29, 1.82) is 0 Å². The molecular formula is C13H27N3. The minimum atomic E-state index is 0.760. The highest BCUT2D eigenvalue weighted by molar-refractivity contribution is 4.87. The van der Waals surface area contributed by atoms with Crippen molar-refractivity contribution >= 4 is 0 Å². The van der Waals surface area contributed by atoms with E-state index in [9.17, 15) is 0 Å². The van der Waals surface area contributed by atoms with Crippen molar-refractivity contribution < 1.29 is 0 Å². The highest BCUT2D eigenvalue weighted by Crippen LogP contribution is 2.28. The van der Waals surface area contributed by atoms with Gasteiger partial charge in [-0.1, -0.05) is 0 Å². The van der Waals surface area contributed by atoms with Crippen molar-refractivity contribution in [2.75, 3.05) is 40.3 Å². The van der Waals surface area contributed by atoms with Crippen LogP contribution in [0.15, 0.2) is 0 Å². The molecule has 1 unspecified atom stereocenters. The van der Waals surface area contributed by atoms with E-state index in [0.29, 0.717) is 0 Å². The fourth-order valence-corrected chi connectivity index (χ4v) is 3.45. The van der Waals surface area contributed by atoms with Gasteiger partial charge in [0.2, 0.25) is 0 Å². The third-order valence-electron chi connectivity index (χ3n) is 4.50. The molecule has 0 bridgehead atoms. The molecule has 0 amide bonds. The van der Waals surface area contributed by atoms with E-state index in [1.807, 2.05) is 0 Å². The van der Waals surface area contributed by atoms with Gasteiger partial charge in [-0.05, 0) is 77.8 Å². The van der Waals surface area contributed by atoms with Gasteiger partial charge in [0.25, 0.3) is 0 Å². The summed E-state index contributed by atoms with van der Waals surface area (Å²) >= 11 is 0. The minimum absolute atomic E-state index is 0.760. The van der Waals surface area contributed by atoms with Crippen LogP contribution in [0.1, 0.15) is 25.7 Å². The quantitative estimate of drug-likeness (QED) is 0.748. The normalized spacial score (nSPS) is 28.1. The van der Waals surface area contributed by atoms with Crippen molar-refractivity contribution in [1.82, 2.24) is 15.5 Å². The third-order valence-corrected chi connectivity index (χ3v) is 4.50. The molecule has 2 aliphatic heterocycles. The maximum absolute atomic E-state index is 3.61. The average molecular weight is 225 g/mol. The summed E-state index contributed by atoms with van der Waals surface area (Å²) in [7, 11) is 4.40. The zero-order valence-electron chi connectivity index (χ0n) is 10.8. The van der Waals surface area contributed by atoms with E-state index >= 15 is 0 Å². The Kier molecular flexibility index (Phi) is 4.62. The molecule has 0 aromatic carbocycles. The van der Waals surface area contributed by atoms with Crippen molar-refractivity contribution in [3.63, 3.8) is 0 Å². The number of nitrogens with one attached hydrogen (secondary N) is 2. The van der Waals surface area contributed by atoms with Gasteiger partial charge in [0.1, 0.15) is 0 Å². The van der Waals surface area contributed by atoms with Gasteiger partial charge >= 0.3 is 0 Å². The second-order valence-electron chi connectivity index (χ2n) is 5.54. The molecule has 16 heavy (non-hydrogen) atoms. The predicted molar refractivity (Wildman–Crippen MR) is 68.7 cm³/mol. The van der Waals surface area contributed by atoms with Crippen LogP contribution in [0.5, 0.6) is 0 Å².